The van der Waals surface area contributed by atoms with Gasteiger partial charge in [-0.3, -0.25) is 14.4 Å². The van der Waals surface area contributed by atoms with Crippen LogP contribution in [0.3, 0.4) is 0 Å². The highest BCUT2D eigenvalue weighted by Gasteiger charge is 2.28. The maximum absolute atomic E-state index is 11.9. The predicted molar refractivity (Wildman–Crippen MR) is 66.2 cm³/mol. The quantitative estimate of drug-likeness (QED) is 0.709. The van der Waals surface area contributed by atoms with E-state index in [-0.39, 0.29) is 36.7 Å². The van der Waals surface area contributed by atoms with Crippen molar-refractivity contribution >= 4 is 17.5 Å². The summed E-state index contributed by atoms with van der Waals surface area (Å²) in [6, 6.07) is 0.000787. The van der Waals surface area contributed by atoms with E-state index in [2.05, 4.69) is 0 Å². The van der Waals surface area contributed by atoms with Crippen LogP contribution in [0.2, 0.25) is 0 Å². The van der Waals surface area contributed by atoms with Crippen molar-refractivity contribution in [3.8, 4) is 0 Å². The number of ether oxygens (including phenoxy) is 1. The minimum atomic E-state index is -0.168. The van der Waals surface area contributed by atoms with Crippen molar-refractivity contribution in [2.45, 2.75) is 45.1 Å². The third kappa shape index (κ3) is 4.22. The van der Waals surface area contributed by atoms with Crippen molar-refractivity contribution in [2.75, 3.05) is 20.3 Å². The van der Waals surface area contributed by atoms with Crippen LogP contribution in [0.15, 0.2) is 0 Å². The van der Waals surface area contributed by atoms with Crippen LogP contribution in [0.1, 0.15) is 39.0 Å². The molecule has 0 aliphatic heterocycles. The molecule has 5 heteroatoms. The summed E-state index contributed by atoms with van der Waals surface area (Å²) in [5.41, 5.74) is 0. The predicted octanol–water partition coefficient (Wildman–Crippen LogP) is 0.952. The maximum Gasteiger partial charge on any atom is 0.249 e. The third-order valence-electron chi connectivity index (χ3n) is 3.28. The second-order valence-corrected chi connectivity index (χ2v) is 4.62. The fourth-order valence-corrected chi connectivity index (χ4v) is 2.17. The van der Waals surface area contributed by atoms with Gasteiger partial charge in [-0.1, -0.05) is 6.92 Å². The molecule has 1 aliphatic carbocycles. The first-order valence-corrected chi connectivity index (χ1v) is 6.40. The van der Waals surface area contributed by atoms with E-state index in [4.69, 9.17) is 4.74 Å². The molecule has 0 unspecified atom stereocenters. The number of carbonyl (C=O) groups is 3. The summed E-state index contributed by atoms with van der Waals surface area (Å²) in [6.07, 6.45) is 2.74. The van der Waals surface area contributed by atoms with Gasteiger partial charge in [0.1, 0.15) is 12.4 Å². The summed E-state index contributed by atoms with van der Waals surface area (Å²) < 4.78 is 4.84. The summed E-state index contributed by atoms with van der Waals surface area (Å²) in [4.78, 5) is 36.3. The van der Waals surface area contributed by atoms with E-state index >= 15 is 0 Å². The van der Waals surface area contributed by atoms with E-state index in [0.717, 1.165) is 0 Å². The molecule has 0 radical (unpaired) electrons. The Bertz CT molecular complexity index is 317. The molecule has 1 amide bonds. The highest BCUT2D eigenvalue weighted by Crippen LogP contribution is 2.20. The molecule has 0 aromatic heterocycles. The second kappa shape index (κ2) is 7.26. The third-order valence-corrected chi connectivity index (χ3v) is 3.28. The smallest absolute Gasteiger partial charge is 0.249 e. The van der Waals surface area contributed by atoms with Gasteiger partial charge in [-0.15, -0.1) is 0 Å². The average Bonchev–Trinajstić information content (AvgIpc) is 2.37. The Hall–Kier alpha value is -1.23. The molecule has 0 atom stereocenters. The number of nitrogens with zero attached hydrogens (tertiary/aromatic N) is 1. The molecule has 5 nitrogen and oxygen atoms in total. The van der Waals surface area contributed by atoms with Gasteiger partial charge in [0, 0.05) is 32.4 Å². The largest absolute Gasteiger partial charge is 0.375 e. The summed E-state index contributed by atoms with van der Waals surface area (Å²) in [5.74, 6) is 0.113. The number of methoxy groups -OCH3 is 1. The zero-order chi connectivity index (χ0) is 13.5. The van der Waals surface area contributed by atoms with Crippen molar-refractivity contribution < 1.29 is 19.1 Å². The monoisotopic (exact) mass is 255 g/mol. The maximum atomic E-state index is 11.9. The van der Waals surface area contributed by atoms with Gasteiger partial charge in [0.15, 0.2) is 5.78 Å². The number of carbonyl (C=O) groups excluding carboxylic acids is 3. The van der Waals surface area contributed by atoms with Crippen LogP contribution in [-0.2, 0) is 19.1 Å². The summed E-state index contributed by atoms with van der Waals surface area (Å²) in [6.45, 7) is 1.91. The second-order valence-electron chi connectivity index (χ2n) is 4.62. The molecular weight excluding hydrogens is 234 g/mol. The normalized spacial score (nSPS) is 16.7. The Balaban J connectivity index is 2.66. The van der Waals surface area contributed by atoms with Gasteiger partial charge in [0.05, 0.1) is 6.54 Å². The SMILES string of the molecule is CCC(=O)CN(C(=O)COC)C1CCC(=O)CC1. The molecule has 0 aromatic rings. The van der Waals surface area contributed by atoms with Gasteiger partial charge in [-0.2, -0.15) is 0 Å². The summed E-state index contributed by atoms with van der Waals surface area (Å²) in [5, 5.41) is 0. The fraction of sp³-hybridized carbons (Fsp3) is 0.769. The number of hydrogen-bond acceptors (Lipinski definition) is 4. The van der Waals surface area contributed by atoms with Crippen LogP contribution in [0.4, 0.5) is 0 Å². The van der Waals surface area contributed by atoms with E-state index in [1.165, 1.54) is 7.11 Å². The topological polar surface area (TPSA) is 63.7 Å². The molecule has 0 N–H and O–H groups in total. The highest BCUT2D eigenvalue weighted by molar-refractivity contribution is 5.87. The zero-order valence-electron chi connectivity index (χ0n) is 11.1. The van der Waals surface area contributed by atoms with Crippen molar-refractivity contribution in [3.63, 3.8) is 0 Å². The highest BCUT2D eigenvalue weighted by atomic mass is 16.5. The van der Waals surface area contributed by atoms with Gasteiger partial charge < -0.3 is 9.64 Å². The van der Waals surface area contributed by atoms with Gasteiger partial charge in [0.2, 0.25) is 5.91 Å². The van der Waals surface area contributed by atoms with Gasteiger partial charge in [0.25, 0.3) is 0 Å². The Labute approximate surface area is 107 Å². The van der Waals surface area contributed by atoms with Gasteiger partial charge in [-0.05, 0) is 12.8 Å². The minimum absolute atomic E-state index is 0.000787. The van der Waals surface area contributed by atoms with Crippen LogP contribution in [0, 0.1) is 0 Å². The van der Waals surface area contributed by atoms with Crippen molar-refractivity contribution in [2.24, 2.45) is 0 Å². The molecule has 0 aromatic carbocycles. The zero-order valence-corrected chi connectivity index (χ0v) is 11.1. The molecule has 0 heterocycles. The lowest BCUT2D eigenvalue weighted by molar-refractivity contribution is -0.142. The molecule has 1 fully saturated rings. The Morgan fingerprint density at radius 1 is 1.33 bits per heavy atom. The molecule has 1 saturated carbocycles. The van der Waals surface area contributed by atoms with Crippen LogP contribution < -0.4 is 0 Å². The lowest BCUT2D eigenvalue weighted by Gasteiger charge is -2.33. The van der Waals surface area contributed by atoms with Crippen LogP contribution in [0.5, 0.6) is 0 Å². The number of hydrogen-bond donors (Lipinski definition) is 0. The molecule has 18 heavy (non-hydrogen) atoms. The molecule has 102 valence electrons. The first-order chi connectivity index (χ1) is 8.58. The first kappa shape index (κ1) is 14.8. The van der Waals surface area contributed by atoms with Crippen LogP contribution >= 0.6 is 0 Å². The lowest BCUT2D eigenvalue weighted by atomic mass is 9.93. The molecule has 0 spiro atoms. The minimum Gasteiger partial charge on any atom is -0.375 e. The van der Waals surface area contributed by atoms with Crippen LogP contribution in [-0.4, -0.2) is 48.7 Å². The Morgan fingerprint density at radius 2 is 1.94 bits per heavy atom. The van der Waals surface area contributed by atoms with E-state index in [1.807, 2.05) is 0 Å². The Morgan fingerprint density at radius 3 is 2.44 bits per heavy atom. The first-order valence-electron chi connectivity index (χ1n) is 6.40. The Kier molecular flexibility index (Phi) is 5.98. The van der Waals surface area contributed by atoms with E-state index in [1.54, 1.807) is 11.8 Å². The van der Waals surface area contributed by atoms with Crippen LogP contribution in [0.25, 0.3) is 0 Å². The molecule has 1 aliphatic rings. The van der Waals surface area contributed by atoms with Crippen molar-refractivity contribution in [1.29, 1.82) is 0 Å². The number of Topliss-reactive ketones (excluding diaryl/α,β-unsaturated/α-hetero) is 2. The van der Waals surface area contributed by atoms with E-state index in [0.29, 0.717) is 32.1 Å². The standard InChI is InChI=1S/C13H21NO4/c1-3-11(15)8-14(13(17)9-18-2)10-4-6-12(16)7-5-10/h10H,3-9H2,1-2H3. The van der Waals surface area contributed by atoms with Crippen molar-refractivity contribution in [1.82, 2.24) is 4.90 Å². The van der Waals surface area contributed by atoms with Gasteiger partial charge >= 0.3 is 0 Å². The lowest BCUT2D eigenvalue weighted by Crippen LogP contribution is -2.46. The number of ketones is 2. The molecule has 0 saturated heterocycles. The summed E-state index contributed by atoms with van der Waals surface area (Å²) >= 11 is 0. The fourth-order valence-electron chi connectivity index (χ4n) is 2.17. The molecular formula is C13H21NO4. The number of amides is 1. The average molecular weight is 255 g/mol. The molecule has 1 rings (SSSR count). The molecule has 0 bridgehead atoms. The summed E-state index contributed by atoms with van der Waals surface area (Å²) in [7, 11) is 1.46. The van der Waals surface area contributed by atoms with Crippen molar-refractivity contribution in [3.05, 3.63) is 0 Å². The van der Waals surface area contributed by atoms with E-state index in [9.17, 15) is 14.4 Å². The van der Waals surface area contributed by atoms with Gasteiger partial charge in [-0.25, -0.2) is 0 Å². The van der Waals surface area contributed by atoms with E-state index < -0.39 is 0 Å². The number of rotatable bonds is 6.